The normalized spacial score (nSPS) is 18.1. The molecule has 0 heterocycles. The monoisotopic (exact) mass is 531 g/mol. The average Bonchev–Trinajstić information content (AvgIpc) is 2.72. The number of thioether (sulfide) groups is 1. The van der Waals surface area contributed by atoms with Gasteiger partial charge >= 0.3 is 0 Å². The Morgan fingerprint density at radius 2 is 1.59 bits per heavy atom. The van der Waals surface area contributed by atoms with E-state index in [1.807, 2.05) is 48.2 Å². The smallest absolute Gasteiger partial charge is 0.0736 e. The molecule has 2 atom stereocenters. The molecule has 2 nitrogen and oxygen atoms in total. The molecule has 0 aromatic heterocycles. The van der Waals surface area contributed by atoms with Crippen LogP contribution < -0.4 is 15.2 Å². The zero-order valence-electron chi connectivity index (χ0n) is 16.1. The van der Waals surface area contributed by atoms with Gasteiger partial charge in [0.15, 0.2) is 0 Å². The number of nitrogens with one attached hydrogen (secondary N) is 1. The highest BCUT2D eigenvalue weighted by molar-refractivity contribution is 14.1. The van der Waals surface area contributed by atoms with Crippen molar-refractivity contribution in [1.82, 2.24) is 4.72 Å². The summed E-state index contributed by atoms with van der Waals surface area (Å²) >= 11 is 4.10. The molecule has 2 unspecified atom stereocenters. The predicted molar refractivity (Wildman–Crippen MR) is 135 cm³/mol. The lowest BCUT2D eigenvalue weighted by molar-refractivity contribution is 0.677. The van der Waals surface area contributed by atoms with Crippen LogP contribution in [0.3, 0.4) is 0 Å². The Labute approximate surface area is 190 Å². The summed E-state index contributed by atoms with van der Waals surface area (Å²) in [4.78, 5) is 1.96. The van der Waals surface area contributed by atoms with Gasteiger partial charge in [0.25, 0.3) is 0 Å². The first kappa shape index (κ1) is 20.6. The highest BCUT2D eigenvalue weighted by Crippen LogP contribution is 2.33. The fourth-order valence-electron chi connectivity index (χ4n) is 3.51. The van der Waals surface area contributed by atoms with Crippen LogP contribution >= 0.6 is 34.4 Å². The molecule has 0 aliphatic heterocycles. The SMILES string of the molecule is C=S(=O)(NC1=c2ccccc2=C(C)C(Sc2ccccc2)C1)c1ccc(I)cc1. The lowest BCUT2D eigenvalue weighted by Crippen LogP contribution is -2.41. The molecule has 1 N–H and O–H groups in total. The van der Waals surface area contributed by atoms with Crippen LogP contribution in [0.5, 0.6) is 0 Å². The van der Waals surface area contributed by atoms with E-state index in [0.29, 0.717) is 0 Å². The number of halogens is 1. The van der Waals surface area contributed by atoms with E-state index in [0.717, 1.165) is 25.8 Å². The molecule has 148 valence electrons. The fraction of sp³-hybridized carbons (Fsp3) is 0.125. The second-order valence-electron chi connectivity index (χ2n) is 7.06. The Kier molecular flexibility index (Phi) is 6.08. The van der Waals surface area contributed by atoms with E-state index in [2.05, 4.69) is 82.6 Å². The van der Waals surface area contributed by atoms with Crippen LogP contribution in [-0.4, -0.2) is 15.3 Å². The average molecular weight is 531 g/mol. The third kappa shape index (κ3) is 4.57. The topological polar surface area (TPSA) is 29.1 Å². The molecular weight excluding hydrogens is 509 g/mol. The van der Waals surface area contributed by atoms with Crippen LogP contribution in [0.4, 0.5) is 0 Å². The van der Waals surface area contributed by atoms with Gasteiger partial charge in [0, 0.05) is 35.9 Å². The summed E-state index contributed by atoms with van der Waals surface area (Å²) in [5.74, 6) is 4.04. The first-order valence-electron chi connectivity index (χ1n) is 9.35. The van der Waals surface area contributed by atoms with Crippen molar-refractivity contribution in [2.75, 3.05) is 0 Å². The number of rotatable bonds is 5. The second-order valence-corrected chi connectivity index (χ2v) is 11.6. The van der Waals surface area contributed by atoms with E-state index in [1.54, 1.807) is 0 Å². The van der Waals surface area contributed by atoms with Crippen molar-refractivity contribution >= 4 is 61.2 Å². The Balaban J connectivity index is 1.74. The molecule has 29 heavy (non-hydrogen) atoms. The van der Waals surface area contributed by atoms with Crippen molar-refractivity contribution in [3.05, 3.63) is 92.9 Å². The summed E-state index contributed by atoms with van der Waals surface area (Å²) in [5.41, 5.74) is 2.35. The molecule has 1 aliphatic carbocycles. The lowest BCUT2D eigenvalue weighted by atomic mass is 9.98. The van der Waals surface area contributed by atoms with Gasteiger partial charge in [-0.15, -0.1) is 11.8 Å². The van der Waals surface area contributed by atoms with Crippen molar-refractivity contribution in [3.8, 4) is 0 Å². The minimum Gasteiger partial charge on any atom is -0.312 e. The van der Waals surface area contributed by atoms with Gasteiger partial charge in [0.2, 0.25) is 0 Å². The lowest BCUT2D eigenvalue weighted by Gasteiger charge is -2.26. The Hall–Kier alpha value is -1.70. The van der Waals surface area contributed by atoms with Crippen molar-refractivity contribution < 1.29 is 4.21 Å². The molecule has 0 fully saturated rings. The van der Waals surface area contributed by atoms with E-state index in [4.69, 9.17) is 0 Å². The Bertz CT molecular complexity index is 1250. The summed E-state index contributed by atoms with van der Waals surface area (Å²) in [6.45, 7) is 2.21. The van der Waals surface area contributed by atoms with E-state index in [9.17, 15) is 4.21 Å². The largest absolute Gasteiger partial charge is 0.312 e. The number of benzene rings is 3. The molecule has 5 heteroatoms. The molecule has 4 rings (SSSR count). The molecule has 0 radical (unpaired) electrons. The standard InChI is InChI=1S/C24H22INOS2/c1-17-21-10-6-7-11-22(21)23(16-24(17)28-19-8-4-3-5-9-19)26-29(2,27)20-14-12-18(25)13-15-20/h3-15,24H,2,16H2,1H3,(H,26,27). The molecule has 3 aromatic rings. The van der Waals surface area contributed by atoms with E-state index in [-0.39, 0.29) is 5.25 Å². The quantitative estimate of drug-likeness (QED) is 0.391. The zero-order chi connectivity index (χ0) is 20.4. The summed E-state index contributed by atoms with van der Waals surface area (Å²) in [6.07, 6.45) is 0.791. The van der Waals surface area contributed by atoms with Gasteiger partial charge in [-0.1, -0.05) is 48.0 Å². The molecule has 0 spiro atoms. The van der Waals surface area contributed by atoms with Gasteiger partial charge in [0.1, 0.15) is 0 Å². The van der Waals surface area contributed by atoms with E-state index in [1.165, 1.54) is 15.7 Å². The van der Waals surface area contributed by atoms with Gasteiger partial charge < -0.3 is 4.72 Å². The van der Waals surface area contributed by atoms with E-state index >= 15 is 0 Å². The molecule has 0 saturated heterocycles. The third-order valence-electron chi connectivity index (χ3n) is 5.05. The van der Waals surface area contributed by atoms with Gasteiger partial charge in [-0.2, -0.15) is 0 Å². The van der Waals surface area contributed by atoms with Crippen LogP contribution in [0.1, 0.15) is 13.3 Å². The molecule has 3 aromatic carbocycles. The first-order valence-corrected chi connectivity index (χ1v) is 13.0. The van der Waals surface area contributed by atoms with Gasteiger partial charge in [-0.05, 0) is 77.0 Å². The van der Waals surface area contributed by atoms with Crippen LogP contribution in [0.15, 0.2) is 88.7 Å². The summed E-state index contributed by atoms with van der Waals surface area (Å²) in [6, 6.07) is 26.5. The van der Waals surface area contributed by atoms with Crippen LogP contribution in [0.2, 0.25) is 0 Å². The molecular formula is C24H22INOS2. The predicted octanol–water partition coefficient (Wildman–Crippen LogP) is 4.41. The Morgan fingerprint density at radius 3 is 2.28 bits per heavy atom. The van der Waals surface area contributed by atoms with Crippen molar-refractivity contribution in [2.45, 2.75) is 28.4 Å². The first-order chi connectivity index (χ1) is 13.9. The fourth-order valence-corrected chi connectivity index (χ4v) is 6.36. The molecule has 0 bridgehead atoms. The third-order valence-corrected chi connectivity index (χ3v) is 8.73. The molecule has 0 amide bonds. The molecule has 1 aliphatic rings. The number of hydrogen-bond acceptors (Lipinski definition) is 2. The summed E-state index contributed by atoms with van der Waals surface area (Å²) in [7, 11) is -2.64. The molecule has 0 saturated carbocycles. The van der Waals surface area contributed by atoms with Crippen molar-refractivity contribution in [1.29, 1.82) is 0 Å². The maximum absolute atomic E-state index is 13.5. The van der Waals surface area contributed by atoms with Gasteiger partial charge in [-0.3, -0.25) is 0 Å². The highest BCUT2D eigenvalue weighted by Gasteiger charge is 2.22. The zero-order valence-corrected chi connectivity index (χ0v) is 19.9. The maximum atomic E-state index is 13.5. The van der Waals surface area contributed by atoms with Crippen LogP contribution in [0, 0.1) is 3.57 Å². The maximum Gasteiger partial charge on any atom is 0.0736 e. The van der Waals surface area contributed by atoms with Crippen LogP contribution in [0.25, 0.3) is 11.3 Å². The van der Waals surface area contributed by atoms with Crippen LogP contribution in [-0.2, 0) is 9.71 Å². The van der Waals surface area contributed by atoms with Gasteiger partial charge in [0.05, 0.1) is 9.71 Å². The van der Waals surface area contributed by atoms with Crippen molar-refractivity contribution in [3.63, 3.8) is 0 Å². The van der Waals surface area contributed by atoms with E-state index < -0.39 is 9.71 Å². The van der Waals surface area contributed by atoms with Gasteiger partial charge in [-0.25, -0.2) is 4.21 Å². The number of hydrogen-bond donors (Lipinski definition) is 1. The van der Waals surface area contributed by atoms with Crippen molar-refractivity contribution in [2.24, 2.45) is 0 Å². The number of fused-ring (bicyclic) bond motifs is 1. The minimum atomic E-state index is -2.64. The summed E-state index contributed by atoms with van der Waals surface area (Å²) < 4.78 is 17.9. The Morgan fingerprint density at radius 1 is 0.966 bits per heavy atom. The highest BCUT2D eigenvalue weighted by atomic mass is 127. The second kappa shape index (κ2) is 8.58. The minimum absolute atomic E-state index is 0.279. The summed E-state index contributed by atoms with van der Waals surface area (Å²) in [5, 5.41) is 2.62.